The van der Waals surface area contributed by atoms with Gasteiger partial charge in [0, 0.05) is 31.2 Å². The van der Waals surface area contributed by atoms with Gasteiger partial charge in [-0.05, 0) is 55.7 Å². The van der Waals surface area contributed by atoms with E-state index >= 15 is 0 Å². The fraction of sp³-hybridized carbons (Fsp3) is 0.560. The van der Waals surface area contributed by atoms with E-state index in [1.807, 2.05) is 18.2 Å². The Hall–Kier alpha value is -2.17. The molecule has 0 bridgehead atoms. The van der Waals surface area contributed by atoms with Gasteiger partial charge in [-0.25, -0.2) is 18.1 Å². The van der Waals surface area contributed by atoms with E-state index in [1.54, 1.807) is 4.90 Å². The summed E-state index contributed by atoms with van der Waals surface area (Å²) in [4.78, 5) is 5.62. The lowest BCUT2D eigenvalue weighted by atomic mass is 9.82. The first-order chi connectivity index (χ1) is 16.6. The molecule has 192 valence electrons. The van der Waals surface area contributed by atoms with Crippen molar-refractivity contribution in [2.75, 3.05) is 30.9 Å². The Morgan fingerprint density at radius 1 is 1.06 bits per heavy atom. The number of sulfonamides is 1. The van der Waals surface area contributed by atoms with Gasteiger partial charge in [-0.2, -0.15) is 13.2 Å². The molecule has 1 saturated heterocycles. The highest BCUT2D eigenvalue weighted by atomic mass is 32.2. The van der Waals surface area contributed by atoms with Crippen molar-refractivity contribution in [1.29, 1.82) is 0 Å². The smallest absolute Gasteiger partial charge is 0.378 e. The average Bonchev–Trinajstić information content (AvgIpc) is 2.83. The van der Waals surface area contributed by atoms with Crippen LogP contribution in [0.25, 0.3) is 0 Å². The number of hydrogen-bond donors (Lipinski definition) is 1. The fourth-order valence-electron chi connectivity index (χ4n) is 5.24. The molecule has 2 heterocycles. The maximum Gasteiger partial charge on any atom is 0.419 e. The Kier molecular flexibility index (Phi) is 8.02. The van der Waals surface area contributed by atoms with E-state index in [0.717, 1.165) is 38.0 Å². The molecule has 0 spiro atoms. The van der Waals surface area contributed by atoms with Gasteiger partial charge in [-0.3, -0.25) is 0 Å². The topological polar surface area (TPSA) is 71.5 Å². The molecule has 1 aromatic carbocycles. The highest BCUT2D eigenvalue weighted by Crippen LogP contribution is 2.37. The molecule has 2 unspecified atom stereocenters. The van der Waals surface area contributed by atoms with Crippen molar-refractivity contribution < 1.29 is 26.3 Å². The second kappa shape index (κ2) is 10.8. The Morgan fingerprint density at radius 2 is 1.77 bits per heavy atom. The first-order valence-corrected chi connectivity index (χ1v) is 13.9. The fourth-order valence-corrected chi connectivity index (χ4v) is 6.10. The molecule has 0 amide bonds. The summed E-state index contributed by atoms with van der Waals surface area (Å²) in [6.45, 7) is 0.775. The number of hydrogen-bond acceptors (Lipinski definition) is 5. The summed E-state index contributed by atoms with van der Waals surface area (Å²) >= 11 is 0. The van der Waals surface area contributed by atoms with Crippen LogP contribution >= 0.6 is 0 Å². The lowest BCUT2D eigenvalue weighted by Crippen LogP contribution is -2.53. The lowest BCUT2D eigenvalue weighted by molar-refractivity contribution is -0.137. The molecular formula is C25H32F3N3O3S. The van der Waals surface area contributed by atoms with Gasteiger partial charge in [0.05, 0.1) is 24.5 Å². The molecule has 6 nitrogen and oxygen atoms in total. The summed E-state index contributed by atoms with van der Waals surface area (Å²) in [5, 5.41) is 0. The lowest BCUT2D eigenvalue weighted by Gasteiger charge is -2.40. The first kappa shape index (κ1) is 25.9. The van der Waals surface area contributed by atoms with Crippen LogP contribution in [0.2, 0.25) is 0 Å². The largest absolute Gasteiger partial charge is 0.419 e. The summed E-state index contributed by atoms with van der Waals surface area (Å²) < 4.78 is 73.4. The number of benzene rings is 1. The molecule has 35 heavy (non-hydrogen) atoms. The number of anilines is 1. The van der Waals surface area contributed by atoms with Crippen molar-refractivity contribution in [1.82, 2.24) is 9.71 Å². The molecule has 0 radical (unpaired) electrons. The monoisotopic (exact) mass is 511 g/mol. The Labute approximate surface area is 204 Å². The minimum atomic E-state index is -4.52. The number of pyridine rings is 1. The molecule has 1 N–H and O–H groups in total. The van der Waals surface area contributed by atoms with E-state index in [2.05, 4.69) is 21.8 Å². The minimum absolute atomic E-state index is 0.0600. The maximum atomic E-state index is 13.6. The molecule has 2 aliphatic rings. The van der Waals surface area contributed by atoms with Gasteiger partial charge >= 0.3 is 6.18 Å². The Morgan fingerprint density at radius 3 is 2.43 bits per heavy atom. The zero-order valence-electron chi connectivity index (χ0n) is 19.7. The second-order valence-corrected chi connectivity index (χ2v) is 11.4. The minimum Gasteiger partial charge on any atom is -0.378 e. The van der Waals surface area contributed by atoms with Crippen LogP contribution in [0, 0.1) is 5.92 Å². The molecule has 1 aliphatic carbocycles. The summed E-state index contributed by atoms with van der Waals surface area (Å²) in [7, 11) is -3.47. The molecule has 1 aliphatic heterocycles. The number of nitrogens with one attached hydrogen (secondary N) is 1. The zero-order chi connectivity index (χ0) is 25.1. The van der Waals surface area contributed by atoms with Crippen molar-refractivity contribution in [3.05, 3.63) is 59.8 Å². The van der Waals surface area contributed by atoms with E-state index < -0.39 is 27.8 Å². The van der Waals surface area contributed by atoms with Crippen LogP contribution in [0.1, 0.15) is 49.1 Å². The van der Waals surface area contributed by atoms with Crippen LogP contribution in [0.15, 0.2) is 48.7 Å². The van der Waals surface area contributed by atoms with E-state index in [9.17, 15) is 21.6 Å². The van der Waals surface area contributed by atoms with Crippen LogP contribution in [0.4, 0.5) is 19.0 Å². The Bertz CT molecular complexity index is 1070. The van der Waals surface area contributed by atoms with E-state index in [0.29, 0.717) is 12.3 Å². The van der Waals surface area contributed by atoms with Crippen molar-refractivity contribution >= 4 is 15.8 Å². The van der Waals surface area contributed by atoms with Crippen LogP contribution in [0.5, 0.6) is 0 Å². The summed E-state index contributed by atoms with van der Waals surface area (Å²) in [6.07, 6.45) is 2.19. The zero-order valence-corrected chi connectivity index (χ0v) is 20.6. The van der Waals surface area contributed by atoms with Gasteiger partial charge in [0.2, 0.25) is 10.0 Å². The number of aromatic nitrogens is 1. The van der Waals surface area contributed by atoms with E-state index in [4.69, 9.17) is 4.74 Å². The normalized spacial score (nSPS) is 26.0. The number of piperidine rings is 1. The first-order valence-electron chi connectivity index (χ1n) is 12.0. The van der Waals surface area contributed by atoms with Gasteiger partial charge in [0.1, 0.15) is 5.82 Å². The van der Waals surface area contributed by atoms with Crippen molar-refractivity contribution in [3.63, 3.8) is 0 Å². The van der Waals surface area contributed by atoms with E-state index in [-0.39, 0.29) is 37.5 Å². The van der Waals surface area contributed by atoms with Crippen LogP contribution in [-0.4, -0.2) is 51.5 Å². The van der Waals surface area contributed by atoms with Gasteiger partial charge in [-0.1, -0.05) is 30.3 Å². The highest BCUT2D eigenvalue weighted by molar-refractivity contribution is 7.88. The average molecular weight is 512 g/mol. The summed E-state index contributed by atoms with van der Waals surface area (Å²) in [5.41, 5.74) is 0.551. The number of ether oxygens (including phenoxy) is 1. The third-order valence-corrected chi connectivity index (χ3v) is 7.71. The molecule has 10 heteroatoms. The van der Waals surface area contributed by atoms with Crippen molar-refractivity contribution in [3.8, 4) is 0 Å². The van der Waals surface area contributed by atoms with Crippen LogP contribution in [-0.2, 0) is 20.9 Å². The van der Waals surface area contributed by atoms with Gasteiger partial charge in [0.15, 0.2) is 0 Å². The number of nitrogens with zero attached hydrogens (tertiary/aromatic N) is 2. The highest BCUT2D eigenvalue weighted by Gasteiger charge is 2.39. The third kappa shape index (κ3) is 6.95. The number of alkyl halides is 3. The molecule has 2 atom stereocenters. The van der Waals surface area contributed by atoms with Gasteiger partial charge in [0.25, 0.3) is 0 Å². The van der Waals surface area contributed by atoms with Gasteiger partial charge in [-0.15, -0.1) is 0 Å². The van der Waals surface area contributed by atoms with Crippen LogP contribution < -0.4 is 9.62 Å². The SMILES string of the molecule is CS(=O)(=O)NC1CCN(c2ncccc2C(F)(F)F)CC1COC1CCC(c2ccccc2)CC1. The van der Waals surface area contributed by atoms with Gasteiger partial charge < -0.3 is 9.64 Å². The standard InChI is InChI=1S/C25H32F3N3O3S/c1-35(32,33)30-23-13-15-31(24-22(25(26,27)28)8-5-14-29-24)16-20(23)17-34-21-11-9-19(10-12-21)18-6-3-2-4-7-18/h2-8,14,19-21,23,30H,9-13,15-17H2,1H3. The molecular weight excluding hydrogens is 479 g/mol. The Balaban J connectivity index is 1.41. The van der Waals surface area contributed by atoms with Crippen LogP contribution in [0.3, 0.4) is 0 Å². The van der Waals surface area contributed by atoms with Crippen molar-refractivity contribution in [2.24, 2.45) is 5.92 Å². The molecule has 2 fully saturated rings. The molecule has 2 aromatic rings. The third-order valence-electron chi connectivity index (χ3n) is 6.98. The predicted octanol–water partition coefficient (Wildman–Crippen LogP) is 4.59. The second-order valence-electron chi connectivity index (χ2n) is 9.58. The quantitative estimate of drug-likeness (QED) is 0.589. The molecule has 4 rings (SSSR count). The maximum absolute atomic E-state index is 13.6. The van der Waals surface area contributed by atoms with Crippen molar-refractivity contribution in [2.45, 2.75) is 56.3 Å². The number of halogens is 3. The summed E-state index contributed by atoms with van der Waals surface area (Å²) in [6, 6.07) is 12.3. The molecule has 1 saturated carbocycles. The van der Waals surface area contributed by atoms with E-state index in [1.165, 1.54) is 17.8 Å². The molecule has 1 aromatic heterocycles. The number of rotatable bonds is 7. The summed E-state index contributed by atoms with van der Waals surface area (Å²) in [5.74, 6) is 0.0883. The predicted molar refractivity (Wildman–Crippen MR) is 129 cm³/mol.